The van der Waals surface area contributed by atoms with Crippen LogP contribution in [0.2, 0.25) is 0 Å². The van der Waals surface area contributed by atoms with Crippen molar-refractivity contribution in [1.29, 1.82) is 0 Å². The summed E-state index contributed by atoms with van der Waals surface area (Å²) in [5.74, 6) is 0.258. The van der Waals surface area contributed by atoms with Gasteiger partial charge in [0.15, 0.2) is 5.78 Å². The lowest BCUT2D eigenvalue weighted by Gasteiger charge is -2.17. The molecule has 1 atom stereocenters. The first kappa shape index (κ1) is 13.6. The summed E-state index contributed by atoms with van der Waals surface area (Å²) in [6.07, 6.45) is 7.74. The van der Waals surface area contributed by atoms with Gasteiger partial charge in [0.1, 0.15) is 0 Å². The van der Waals surface area contributed by atoms with E-state index in [2.05, 4.69) is 0 Å². The van der Waals surface area contributed by atoms with Crippen molar-refractivity contribution in [3.8, 4) is 0 Å². The van der Waals surface area contributed by atoms with E-state index in [-0.39, 0.29) is 11.2 Å². The van der Waals surface area contributed by atoms with Crippen LogP contribution in [-0.2, 0) is 4.79 Å². The number of benzene rings is 1. The molecule has 0 spiro atoms. The minimum absolute atomic E-state index is 0.258. The normalized spacial score (nSPS) is 25.4. The standard InChI is InChI=1S/C17H21NO/c1-4-11-17(2)12-10-14(16(17)19)13-18(3)15-8-6-5-7-9-15/h4-9,11,13H,10,12H2,1-3H3/b11-4?,14-13+. The number of carbonyl (C=O) groups is 1. The molecule has 1 unspecified atom stereocenters. The van der Waals surface area contributed by atoms with Crippen LogP contribution in [0.3, 0.4) is 0 Å². The quantitative estimate of drug-likeness (QED) is 0.602. The Kier molecular flexibility index (Phi) is 3.89. The Bertz CT molecular complexity index is 515. The second-order valence-corrected chi connectivity index (χ2v) is 5.35. The summed E-state index contributed by atoms with van der Waals surface area (Å²) in [6, 6.07) is 10.1. The molecule has 1 aliphatic rings. The van der Waals surface area contributed by atoms with Crippen LogP contribution < -0.4 is 4.90 Å². The van der Waals surface area contributed by atoms with Crippen LogP contribution in [0.1, 0.15) is 26.7 Å². The van der Waals surface area contributed by atoms with Gasteiger partial charge in [0.25, 0.3) is 0 Å². The molecule has 2 heteroatoms. The molecular formula is C17H21NO. The Balaban J connectivity index is 2.20. The smallest absolute Gasteiger partial charge is 0.169 e. The lowest BCUT2D eigenvalue weighted by Crippen LogP contribution is -2.20. The molecule has 1 aromatic rings. The van der Waals surface area contributed by atoms with Crippen molar-refractivity contribution in [1.82, 2.24) is 0 Å². The number of hydrogen-bond acceptors (Lipinski definition) is 2. The van der Waals surface area contributed by atoms with Crippen molar-refractivity contribution < 1.29 is 4.79 Å². The third-order valence-electron chi connectivity index (χ3n) is 3.77. The van der Waals surface area contributed by atoms with Crippen molar-refractivity contribution in [2.75, 3.05) is 11.9 Å². The number of allylic oxidation sites excluding steroid dienone is 3. The van der Waals surface area contributed by atoms with Crippen molar-refractivity contribution in [2.45, 2.75) is 26.7 Å². The first-order chi connectivity index (χ1) is 9.07. The molecule has 0 heterocycles. The van der Waals surface area contributed by atoms with E-state index in [9.17, 15) is 4.79 Å². The van der Waals surface area contributed by atoms with Crippen molar-refractivity contribution >= 4 is 11.5 Å². The van der Waals surface area contributed by atoms with Crippen LogP contribution in [-0.4, -0.2) is 12.8 Å². The molecule has 0 radical (unpaired) electrons. The number of nitrogens with zero attached hydrogens (tertiary/aromatic N) is 1. The van der Waals surface area contributed by atoms with Crippen molar-refractivity contribution in [3.05, 3.63) is 54.3 Å². The highest BCUT2D eigenvalue weighted by atomic mass is 16.1. The molecule has 0 aromatic heterocycles. The fourth-order valence-corrected chi connectivity index (χ4v) is 2.61. The Morgan fingerprint density at radius 2 is 1.95 bits per heavy atom. The molecule has 0 aliphatic heterocycles. The van der Waals surface area contributed by atoms with Crippen LogP contribution >= 0.6 is 0 Å². The fourth-order valence-electron chi connectivity index (χ4n) is 2.61. The van der Waals surface area contributed by atoms with Gasteiger partial charge in [-0.25, -0.2) is 0 Å². The molecule has 1 fully saturated rings. The predicted molar refractivity (Wildman–Crippen MR) is 80.1 cm³/mol. The van der Waals surface area contributed by atoms with E-state index in [0.717, 1.165) is 24.1 Å². The number of carbonyl (C=O) groups excluding carboxylic acids is 1. The second-order valence-electron chi connectivity index (χ2n) is 5.35. The third-order valence-corrected chi connectivity index (χ3v) is 3.77. The molecule has 2 nitrogen and oxygen atoms in total. The summed E-state index contributed by atoms with van der Waals surface area (Å²) in [4.78, 5) is 14.5. The molecule has 100 valence electrons. The highest BCUT2D eigenvalue weighted by Crippen LogP contribution is 2.39. The summed E-state index contributed by atoms with van der Waals surface area (Å²) >= 11 is 0. The molecule has 1 saturated carbocycles. The largest absolute Gasteiger partial charge is 0.351 e. The SMILES string of the molecule is CC=CC1(C)CC/C(=C\N(C)c2ccccc2)C1=O. The van der Waals surface area contributed by atoms with Crippen molar-refractivity contribution in [2.24, 2.45) is 5.41 Å². The van der Waals surface area contributed by atoms with E-state index in [1.807, 2.05) is 74.5 Å². The van der Waals surface area contributed by atoms with Crippen LogP contribution in [0.5, 0.6) is 0 Å². The number of para-hydroxylation sites is 1. The van der Waals surface area contributed by atoms with Gasteiger partial charge in [-0.05, 0) is 38.8 Å². The molecular weight excluding hydrogens is 234 g/mol. The predicted octanol–water partition coefficient (Wildman–Crippen LogP) is 3.95. The van der Waals surface area contributed by atoms with Gasteiger partial charge >= 0.3 is 0 Å². The number of ketones is 1. The Labute approximate surface area is 115 Å². The molecule has 1 aliphatic carbocycles. The maximum Gasteiger partial charge on any atom is 0.169 e. The highest BCUT2D eigenvalue weighted by molar-refractivity contribution is 6.03. The Morgan fingerprint density at radius 3 is 2.58 bits per heavy atom. The summed E-state index contributed by atoms with van der Waals surface area (Å²) in [5, 5.41) is 0. The average molecular weight is 255 g/mol. The zero-order chi connectivity index (χ0) is 13.9. The van der Waals surface area contributed by atoms with Gasteiger partial charge in [0.05, 0.1) is 0 Å². The Morgan fingerprint density at radius 1 is 1.26 bits per heavy atom. The number of hydrogen-bond donors (Lipinski definition) is 0. The van der Waals surface area contributed by atoms with Gasteiger partial charge in [-0.3, -0.25) is 4.79 Å². The van der Waals surface area contributed by atoms with E-state index in [1.165, 1.54) is 0 Å². The highest BCUT2D eigenvalue weighted by Gasteiger charge is 2.38. The van der Waals surface area contributed by atoms with Gasteiger partial charge in [-0.15, -0.1) is 0 Å². The molecule has 0 bridgehead atoms. The monoisotopic (exact) mass is 255 g/mol. The number of rotatable bonds is 3. The lowest BCUT2D eigenvalue weighted by atomic mass is 9.87. The van der Waals surface area contributed by atoms with E-state index in [1.54, 1.807) is 0 Å². The molecule has 19 heavy (non-hydrogen) atoms. The summed E-state index contributed by atoms with van der Waals surface area (Å²) < 4.78 is 0. The summed E-state index contributed by atoms with van der Waals surface area (Å²) in [5.41, 5.74) is 1.72. The van der Waals surface area contributed by atoms with Crippen molar-refractivity contribution in [3.63, 3.8) is 0 Å². The van der Waals surface area contributed by atoms with E-state index in [4.69, 9.17) is 0 Å². The second kappa shape index (κ2) is 5.43. The topological polar surface area (TPSA) is 20.3 Å². The van der Waals surface area contributed by atoms with Gasteiger partial charge < -0.3 is 4.90 Å². The van der Waals surface area contributed by atoms with Crippen LogP contribution in [0, 0.1) is 5.41 Å². The average Bonchev–Trinajstić information content (AvgIpc) is 2.69. The van der Waals surface area contributed by atoms with Gasteiger partial charge in [-0.2, -0.15) is 0 Å². The Hall–Kier alpha value is -1.83. The zero-order valence-corrected chi connectivity index (χ0v) is 11.9. The van der Waals surface area contributed by atoms with Crippen LogP contribution in [0.15, 0.2) is 54.3 Å². The molecule has 0 saturated heterocycles. The minimum atomic E-state index is -0.307. The maximum absolute atomic E-state index is 12.4. The van der Waals surface area contributed by atoms with E-state index >= 15 is 0 Å². The summed E-state index contributed by atoms with van der Waals surface area (Å²) in [7, 11) is 1.99. The zero-order valence-electron chi connectivity index (χ0n) is 11.9. The lowest BCUT2D eigenvalue weighted by molar-refractivity contribution is -0.120. The molecule has 2 rings (SSSR count). The van der Waals surface area contributed by atoms with E-state index in [0.29, 0.717) is 0 Å². The van der Waals surface area contributed by atoms with E-state index < -0.39 is 0 Å². The van der Waals surface area contributed by atoms with Crippen LogP contribution in [0.25, 0.3) is 0 Å². The summed E-state index contributed by atoms with van der Waals surface area (Å²) in [6.45, 7) is 4.00. The number of Topliss-reactive ketones (excluding diaryl/α,β-unsaturated/α-hetero) is 1. The van der Waals surface area contributed by atoms with Crippen LogP contribution in [0.4, 0.5) is 5.69 Å². The molecule has 1 aromatic carbocycles. The molecule has 0 amide bonds. The first-order valence-electron chi connectivity index (χ1n) is 6.74. The minimum Gasteiger partial charge on any atom is -0.351 e. The first-order valence-corrected chi connectivity index (χ1v) is 6.74. The number of anilines is 1. The molecule has 0 N–H and O–H groups in total. The maximum atomic E-state index is 12.4. The van der Waals surface area contributed by atoms with Gasteiger partial charge in [-0.1, -0.05) is 30.4 Å². The van der Waals surface area contributed by atoms with Gasteiger partial charge in [0.2, 0.25) is 0 Å². The fraction of sp³-hybridized carbons (Fsp3) is 0.353. The third kappa shape index (κ3) is 2.78. The van der Waals surface area contributed by atoms with Gasteiger partial charge in [0, 0.05) is 29.9 Å².